The number of hydrogen-bond donors (Lipinski definition) is 1. The highest BCUT2D eigenvalue weighted by atomic mass is 15.3. The summed E-state index contributed by atoms with van der Waals surface area (Å²) in [6.45, 7) is 9.36. The van der Waals surface area contributed by atoms with Crippen LogP contribution in [0.4, 0.5) is 0 Å². The van der Waals surface area contributed by atoms with Gasteiger partial charge in [0.05, 0.1) is 0 Å². The quantitative estimate of drug-likeness (QED) is 0.619. The first kappa shape index (κ1) is 10.7. The van der Waals surface area contributed by atoms with Gasteiger partial charge in [0.25, 0.3) is 0 Å². The average Bonchev–Trinajstić information content (AvgIpc) is 2.12. The first-order valence-electron chi connectivity index (χ1n) is 4.96. The SMILES string of the molecule is C=CCN1CCN(C)C(CNC)C1. The first-order chi connectivity index (χ1) is 6.27. The van der Waals surface area contributed by atoms with Crippen molar-refractivity contribution in [2.45, 2.75) is 6.04 Å². The van der Waals surface area contributed by atoms with E-state index in [0.717, 1.165) is 19.6 Å². The third-order valence-corrected chi connectivity index (χ3v) is 2.69. The van der Waals surface area contributed by atoms with Crippen LogP contribution >= 0.6 is 0 Å². The van der Waals surface area contributed by atoms with Gasteiger partial charge in [-0.2, -0.15) is 0 Å². The van der Waals surface area contributed by atoms with E-state index in [2.05, 4.69) is 28.7 Å². The predicted octanol–water partition coefficient (Wildman–Crippen LogP) is 0.00780. The van der Waals surface area contributed by atoms with E-state index in [4.69, 9.17) is 0 Å². The van der Waals surface area contributed by atoms with Crippen LogP contribution in [0, 0.1) is 0 Å². The maximum Gasteiger partial charge on any atom is 0.0345 e. The number of nitrogens with zero attached hydrogens (tertiary/aromatic N) is 2. The van der Waals surface area contributed by atoms with Crippen LogP contribution in [0.15, 0.2) is 12.7 Å². The molecule has 1 fully saturated rings. The third-order valence-electron chi connectivity index (χ3n) is 2.69. The predicted molar refractivity (Wildman–Crippen MR) is 57.0 cm³/mol. The van der Waals surface area contributed by atoms with E-state index in [1.807, 2.05) is 13.1 Å². The lowest BCUT2D eigenvalue weighted by Crippen LogP contribution is -2.54. The summed E-state index contributed by atoms with van der Waals surface area (Å²) in [6.07, 6.45) is 1.99. The smallest absolute Gasteiger partial charge is 0.0345 e. The molecule has 0 spiro atoms. The van der Waals surface area contributed by atoms with Gasteiger partial charge >= 0.3 is 0 Å². The topological polar surface area (TPSA) is 18.5 Å². The van der Waals surface area contributed by atoms with Crippen molar-refractivity contribution in [2.24, 2.45) is 0 Å². The van der Waals surface area contributed by atoms with Crippen LogP contribution in [-0.4, -0.2) is 62.7 Å². The fourth-order valence-electron chi connectivity index (χ4n) is 1.81. The number of likely N-dealkylation sites (N-methyl/N-ethyl adjacent to an activating group) is 2. The van der Waals surface area contributed by atoms with Crippen LogP contribution in [0.2, 0.25) is 0 Å². The number of hydrogen-bond acceptors (Lipinski definition) is 3. The molecule has 0 aromatic heterocycles. The molecule has 0 aromatic rings. The van der Waals surface area contributed by atoms with Crippen molar-refractivity contribution in [1.82, 2.24) is 15.1 Å². The summed E-state index contributed by atoms with van der Waals surface area (Å²) in [6, 6.07) is 0.652. The molecule has 1 saturated heterocycles. The normalized spacial score (nSPS) is 26.2. The lowest BCUT2D eigenvalue weighted by Gasteiger charge is -2.39. The Morgan fingerprint density at radius 1 is 1.54 bits per heavy atom. The monoisotopic (exact) mass is 183 g/mol. The van der Waals surface area contributed by atoms with Gasteiger partial charge < -0.3 is 5.32 Å². The van der Waals surface area contributed by atoms with E-state index < -0.39 is 0 Å². The van der Waals surface area contributed by atoms with Gasteiger partial charge in [0.2, 0.25) is 0 Å². The summed E-state index contributed by atoms with van der Waals surface area (Å²) in [5.41, 5.74) is 0. The maximum absolute atomic E-state index is 3.77. The second-order valence-electron chi connectivity index (χ2n) is 3.74. The molecule has 0 bridgehead atoms. The molecule has 0 aromatic carbocycles. The standard InChI is InChI=1S/C10H21N3/c1-4-5-13-7-6-12(3)10(9-13)8-11-2/h4,10-11H,1,5-9H2,2-3H3. The van der Waals surface area contributed by atoms with Crippen molar-refractivity contribution in [2.75, 3.05) is 46.8 Å². The molecule has 3 nitrogen and oxygen atoms in total. The lowest BCUT2D eigenvalue weighted by molar-refractivity contribution is 0.105. The molecule has 13 heavy (non-hydrogen) atoms. The van der Waals surface area contributed by atoms with Crippen LogP contribution in [-0.2, 0) is 0 Å². The summed E-state index contributed by atoms with van der Waals surface area (Å²) in [5.74, 6) is 0. The molecule has 1 heterocycles. The Bertz CT molecular complexity index is 158. The molecule has 0 radical (unpaired) electrons. The molecule has 1 aliphatic heterocycles. The minimum Gasteiger partial charge on any atom is -0.318 e. The molecule has 0 saturated carbocycles. The lowest BCUT2D eigenvalue weighted by atomic mass is 10.2. The molecule has 1 atom stereocenters. The summed E-state index contributed by atoms with van der Waals surface area (Å²) in [4.78, 5) is 4.88. The van der Waals surface area contributed by atoms with Crippen molar-refractivity contribution in [3.8, 4) is 0 Å². The van der Waals surface area contributed by atoms with E-state index in [9.17, 15) is 0 Å². The van der Waals surface area contributed by atoms with Crippen LogP contribution in [0.25, 0.3) is 0 Å². The van der Waals surface area contributed by atoms with Crippen LogP contribution in [0.3, 0.4) is 0 Å². The summed E-state index contributed by atoms with van der Waals surface area (Å²) in [7, 11) is 4.22. The summed E-state index contributed by atoms with van der Waals surface area (Å²) in [5, 5.41) is 3.24. The van der Waals surface area contributed by atoms with E-state index in [1.54, 1.807) is 0 Å². The second kappa shape index (κ2) is 5.37. The zero-order chi connectivity index (χ0) is 9.68. The highest BCUT2D eigenvalue weighted by Crippen LogP contribution is 2.06. The van der Waals surface area contributed by atoms with Crippen LogP contribution in [0.1, 0.15) is 0 Å². The van der Waals surface area contributed by atoms with Gasteiger partial charge in [-0.05, 0) is 14.1 Å². The Hall–Kier alpha value is -0.380. The number of rotatable bonds is 4. The zero-order valence-electron chi connectivity index (χ0n) is 8.79. The largest absolute Gasteiger partial charge is 0.318 e. The van der Waals surface area contributed by atoms with Crippen molar-refractivity contribution >= 4 is 0 Å². The molecular weight excluding hydrogens is 162 g/mol. The van der Waals surface area contributed by atoms with Gasteiger partial charge in [0, 0.05) is 38.8 Å². The Labute approximate surface area is 81.4 Å². The van der Waals surface area contributed by atoms with Crippen molar-refractivity contribution in [3.63, 3.8) is 0 Å². The maximum atomic E-state index is 3.77. The first-order valence-corrected chi connectivity index (χ1v) is 4.96. The highest BCUT2D eigenvalue weighted by molar-refractivity contribution is 4.84. The highest BCUT2D eigenvalue weighted by Gasteiger charge is 2.22. The molecule has 1 N–H and O–H groups in total. The van der Waals surface area contributed by atoms with Crippen molar-refractivity contribution in [3.05, 3.63) is 12.7 Å². The van der Waals surface area contributed by atoms with Crippen molar-refractivity contribution in [1.29, 1.82) is 0 Å². The summed E-state index contributed by atoms with van der Waals surface area (Å²) >= 11 is 0. The molecule has 1 rings (SSSR count). The third kappa shape index (κ3) is 3.10. The van der Waals surface area contributed by atoms with Gasteiger partial charge in [0.1, 0.15) is 0 Å². The minimum absolute atomic E-state index is 0.652. The van der Waals surface area contributed by atoms with Crippen LogP contribution < -0.4 is 5.32 Å². The minimum atomic E-state index is 0.652. The molecular formula is C10H21N3. The molecule has 1 unspecified atom stereocenters. The average molecular weight is 183 g/mol. The molecule has 1 aliphatic rings. The van der Waals surface area contributed by atoms with Gasteiger partial charge in [0.15, 0.2) is 0 Å². The molecule has 3 heteroatoms. The van der Waals surface area contributed by atoms with E-state index in [-0.39, 0.29) is 0 Å². The van der Waals surface area contributed by atoms with Gasteiger partial charge in [-0.15, -0.1) is 6.58 Å². The van der Waals surface area contributed by atoms with Crippen LogP contribution in [0.5, 0.6) is 0 Å². The Kier molecular flexibility index (Phi) is 4.42. The molecule has 0 amide bonds. The number of piperazine rings is 1. The summed E-state index contributed by atoms with van der Waals surface area (Å²) < 4.78 is 0. The Morgan fingerprint density at radius 3 is 2.92 bits per heavy atom. The second-order valence-corrected chi connectivity index (χ2v) is 3.74. The number of nitrogens with one attached hydrogen (secondary N) is 1. The zero-order valence-corrected chi connectivity index (χ0v) is 8.79. The fraction of sp³-hybridized carbons (Fsp3) is 0.800. The molecule has 76 valence electrons. The Balaban J connectivity index is 2.37. The van der Waals surface area contributed by atoms with Crippen molar-refractivity contribution < 1.29 is 0 Å². The Morgan fingerprint density at radius 2 is 2.31 bits per heavy atom. The fourth-order valence-corrected chi connectivity index (χ4v) is 1.81. The van der Waals surface area contributed by atoms with Gasteiger partial charge in [-0.3, -0.25) is 9.80 Å². The van der Waals surface area contributed by atoms with E-state index in [1.165, 1.54) is 13.1 Å². The molecule has 0 aliphatic carbocycles. The van der Waals surface area contributed by atoms with E-state index >= 15 is 0 Å². The van der Waals surface area contributed by atoms with E-state index in [0.29, 0.717) is 6.04 Å². The van der Waals surface area contributed by atoms with Gasteiger partial charge in [-0.1, -0.05) is 6.08 Å². The van der Waals surface area contributed by atoms with Gasteiger partial charge in [-0.25, -0.2) is 0 Å².